The summed E-state index contributed by atoms with van der Waals surface area (Å²) in [5, 5.41) is 8.62. The Balaban J connectivity index is 3.10. The van der Waals surface area contributed by atoms with Gasteiger partial charge in [0.2, 0.25) is 0 Å². The number of carboxylic acids is 1. The maximum Gasteiger partial charge on any atom is 0.303 e. The molecule has 0 aromatic rings. The molecule has 1 atom stereocenters. The molecule has 120 valence electrons. The molecular weight excluding hydrogens is 248 g/mol. The van der Waals surface area contributed by atoms with Crippen LogP contribution in [0.25, 0.3) is 0 Å². The van der Waals surface area contributed by atoms with Gasteiger partial charge in [-0.2, -0.15) is 0 Å². The van der Waals surface area contributed by atoms with E-state index in [1.165, 1.54) is 77.0 Å². The highest BCUT2D eigenvalue weighted by Gasteiger charge is 2.04. The van der Waals surface area contributed by atoms with E-state index in [0.29, 0.717) is 12.3 Å². The van der Waals surface area contributed by atoms with Gasteiger partial charge in [0.15, 0.2) is 0 Å². The summed E-state index contributed by atoms with van der Waals surface area (Å²) in [5.74, 6) is -0.0829. The van der Waals surface area contributed by atoms with Gasteiger partial charge in [-0.1, -0.05) is 90.9 Å². The molecule has 0 saturated heterocycles. The van der Waals surface area contributed by atoms with Crippen LogP contribution in [0.4, 0.5) is 0 Å². The molecule has 0 aliphatic heterocycles. The van der Waals surface area contributed by atoms with Crippen LogP contribution in [0.2, 0.25) is 0 Å². The van der Waals surface area contributed by atoms with Crippen LogP contribution < -0.4 is 0 Å². The van der Waals surface area contributed by atoms with Crippen molar-refractivity contribution in [3.05, 3.63) is 0 Å². The van der Waals surface area contributed by atoms with E-state index in [0.717, 1.165) is 6.42 Å². The second kappa shape index (κ2) is 14.9. The van der Waals surface area contributed by atoms with Gasteiger partial charge in [0.1, 0.15) is 0 Å². The van der Waals surface area contributed by atoms with Crippen molar-refractivity contribution in [2.75, 3.05) is 0 Å². The summed E-state index contributed by atoms with van der Waals surface area (Å²) in [6, 6.07) is 0. The number of unbranched alkanes of at least 4 members (excludes halogenated alkanes) is 10. The fourth-order valence-electron chi connectivity index (χ4n) is 2.67. The lowest BCUT2D eigenvalue weighted by Gasteiger charge is -2.09. The molecule has 0 fully saturated rings. The molecule has 2 heteroatoms. The Morgan fingerprint density at radius 1 is 0.800 bits per heavy atom. The Hall–Kier alpha value is -0.530. The highest BCUT2D eigenvalue weighted by Crippen LogP contribution is 2.16. The van der Waals surface area contributed by atoms with Crippen molar-refractivity contribution < 1.29 is 9.90 Å². The number of carboxylic acid groups (broad SMARTS) is 1. The van der Waals surface area contributed by atoms with E-state index in [9.17, 15) is 4.79 Å². The summed E-state index contributed by atoms with van der Waals surface area (Å²) < 4.78 is 0. The van der Waals surface area contributed by atoms with E-state index in [-0.39, 0.29) is 0 Å². The zero-order valence-electron chi connectivity index (χ0n) is 13.8. The van der Waals surface area contributed by atoms with E-state index in [1.54, 1.807) is 0 Å². The fraction of sp³-hybridized carbons (Fsp3) is 0.944. The number of aliphatic carboxylic acids is 1. The molecule has 1 N–H and O–H groups in total. The van der Waals surface area contributed by atoms with Gasteiger partial charge >= 0.3 is 5.97 Å². The summed E-state index contributed by atoms with van der Waals surface area (Å²) in [7, 11) is 0. The van der Waals surface area contributed by atoms with Crippen LogP contribution in [-0.4, -0.2) is 11.1 Å². The molecule has 0 amide bonds. The summed E-state index contributed by atoms with van der Waals surface area (Å²) in [5.41, 5.74) is 0. The number of rotatable bonds is 15. The van der Waals surface area contributed by atoms with Crippen molar-refractivity contribution >= 4 is 5.97 Å². The molecule has 0 rings (SSSR count). The van der Waals surface area contributed by atoms with Crippen LogP contribution in [0, 0.1) is 5.92 Å². The molecule has 0 saturated carbocycles. The Bertz CT molecular complexity index is 213. The van der Waals surface area contributed by atoms with Gasteiger partial charge < -0.3 is 5.11 Å². The summed E-state index contributed by atoms with van der Waals surface area (Å²) >= 11 is 0. The van der Waals surface area contributed by atoms with Crippen LogP contribution in [0.3, 0.4) is 0 Å². The third-order valence-electron chi connectivity index (χ3n) is 4.15. The lowest BCUT2D eigenvalue weighted by molar-refractivity contribution is -0.137. The topological polar surface area (TPSA) is 37.3 Å². The third kappa shape index (κ3) is 15.5. The largest absolute Gasteiger partial charge is 0.481 e. The first-order chi connectivity index (χ1) is 9.66. The predicted octanol–water partition coefficient (Wildman–Crippen LogP) is 6.19. The number of carbonyl (C=O) groups is 1. The number of hydrogen-bond donors (Lipinski definition) is 1. The monoisotopic (exact) mass is 284 g/mol. The predicted molar refractivity (Wildman–Crippen MR) is 87.1 cm³/mol. The average molecular weight is 284 g/mol. The minimum atomic E-state index is -0.657. The Morgan fingerprint density at radius 2 is 1.25 bits per heavy atom. The van der Waals surface area contributed by atoms with E-state index >= 15 is 0 Å². The van der Waals surface area contributed by atoms with E-state index in [1.807, 2.05) is 0 Å². The molecule has 0 bridgehead atoms. The lowest BCUT2D eigenvalue weighted by Crippen LogP contribution is -2.01. The van der Waals surface area contributed by atoms with Crippen LogP contribution in [0.15, 0.2) is 0 Å². The Morgan fingerprint density at radius 3 is 1.70 bits per heavy atom. The second-order valence-electron chi connectivity index (χ2n) is 6.36. The van der Waals surface area contributed by atoms with Crippen molar-refractivity contribution in [3.63, 3.8) is 0 Å². The molecule has 0 aromatic heterocycles. The van der Waals surface area contributed by atoms with Crippen LogP contribution in [0.1, 0.15) is 104 Å². The Labute approximate surface area is 126 Å². The standard InChI is InChI=1S/C18H36O2/c1-3-4-5-6-7-8-9-10-11-12-13-14-17(2)15-16-18(19)20/h17H,3-16H2,1-2H3,(H,19,20). The van der Waals surface area contributed by atoms with Crippen molar-refractivity contribution in [2.24, 2.45) is 5.92 Å². The van der Waals surface area contributed by atoms with Gasteiger partial charge in [-0.15, -0.1) is 0 Å². The van der Waals surface area contributed by atoms with Crippen LogP contribution in [-0.2, 0) is 4.79 Å². The van der Waals surface area contributed by atoms with Crippen molar-refractivity contribution in [2.45, 2.75) is 104 Å². The SMILES string of the molecule is CCCCCCCCCCCCCC(C)CCC(=O)O. The molecule has 0 aromatic carbocycles. The van der Waals surface area contributed by atoms with Crippen LogP contribution in [0.5, 0.6) is 0 Å². The first kappa shape index (κ1) is 19.5. The first-order valence-electron chi connectivity index (χ1n) is 8.88. The summed E-state index contributed by atoms with van der Waals surface area (Å²) in [4.78, 5) is 10.5. The second-order valence-corrected chi connectivity index (χ2v) is 6.36. The minimum Gasteiger partial charge on any atom is -0.481 e. The molecule has 0 heterocycles. The zero-order valence-corrected chi connectivity index (χ0v) is 13.8. The molecule has 0 spiro atoms. The molecule has 20 heavy (non-hydrogen) atoms. The first-order valence-corrected chi connectivity index (χ1v) is 8.88. The van der Waals surface area contributed by atoms with Crippen molar-refractivity contribution in [1.82, 2.24) is 0 Å². The Kier molecular flexibility index (Phi) is 14.5. The minimum absolute atomic E-state index is 0.333. The maximum absolute atomic E-state index is 10.5. The van der Waals surface area contributed by atoms with Crippen molar-refractivity contribution in [3.8, 4) is 0 Å². The lowest BCUT2D eigenvalue weighted by atomic mass is 9.97. The van der Waals surface area contributed by atoms with E-state index < -0.39 is 5.97 Å². The average Bonchev–Trinajstić information content (AvgIpc) is 2.42. The number of hydrogen-bond acceptors (Lipinski definition) is 1. The molecule has 2 nitrogen and oxygen atoms in total. The highest BCUT2D eigenvalue weighted by atomic mass is 16.4. The van der Waals surface area contributed by atoms with E-state index in [2.05, 4.69) is 13.8 Å². The molecule has 1 unspecified atom stereocenters. The molecular formula is C18H36O2. The van der Waals surface area contributed by atoms with Gasteiger partial charge in [-0.25, -0.2) is 0 Å². The van der Waals surface area contributed by atoms with Crippen molar-refractivity contribution in [1.29, 1.82) is 0 Å². The van der Waals surface area contributed by atoms with E-state index in [4.69, 9.17) is 5.11 Å². The smallest absolute Gasteiger partial charge is 0.303 e. The normalized spacial score (nSPS) is 12.5. The van der Waals surface area contributed by atoms with Gasteiger partial charge in [0.05, 0.1) is 0 Å². The fourth-order valence-corrected chi connectivity index (χ4v) is 2.67. The molecule has 0 aliphatic carbocycles. The summed E-state index contributed by atoms with van der Waals surface area (Å²) in [6.45, 7) is 4.45. The summed E-state index contributed by atoms with van der Waals surface area (Å²) in [6.07, 6.45) is 17.6. The van der Waals surface area contributed by atoms with Gasteiger partial charge in [-0.3, -0.25) is 4.79 Å². The molecule has 0 radical (unpaired) electrons. The molecule has 0 aliphatic rings. The maximum atomic E-state index is 10.5. The highest BCUT2D eigenvalue weighted by molar-refractivity contribution is 5.66. The third-order valence-corrected chi connectivity index (χ3v) is 4.15. The van der Waals surface area contributed by atoms with Gasteiger partial charge in [-0.05, 0) is 12.3 Å². The van der Waals surface area contributed by atoms with Gasteiger partial charge in [0, 0.05) is 6.42 Å². The zero-order chi connectivity index (χ0) is 15.1. The van der Waals surface area contributed by atoms with Gasteiger partial charge in [0.25, 0.3) is 0 Å². The quantitative estimate of drug-likeness (QED) is 0.364. The van der Waals surface area contributed by atoms with Crippen LogP contribution >= 0.6 is 0 Å².